The molecule has 0 aliphatic heterocycles. The standard InChI is InChI=1S/C4H6O2.3C4H9.Sn/c1-2-3-4(5)6;3*1-3-4-2;/h2-3H,1H3,(H,5,6);3*1,3-4H2,2H3;/q;;;;+1/p-1. The number of hydrogen-bond acceptors (Lipinski definition) is 2. The van der Waals surface area contributed by atoms with Crippen LogP contribution >= 0.6 is 0 Å². The summed E-state index contributed by atoms with van der Waals surface area (Å²) in [5.74, 6) is -0.0818. The van der Waals surface area contributed by atoms with Gasteiger partial charge in [-0.05, 0) is 0 Å². The van der Waals surface area contributed by atoms with Crippen molar-refractivity contribution in [2.45, 2.75) is 79.5 Å². The second kappa shape index (κ2) is 11.8. The van der Waals surface area contributed by atoms with Crippen LogP contribution in [0, 0.1) is 0 Å². The van der Waals surface area contributed by atoms with Gasteiger partial charge >= 0.3 is 124 Å². The molecule has 0 saturated carbocycles. The van der Waals surface area contributed by atoms with Gasteiger partial charge in [0.05, 0.1) is 0 Å². The molecule has 0 atom stereocenters. The van der Waals surface area contributed by atoms with Crippen LogP contribution in [0.15, 0.2) is 12.2 Å². The van der Waals surface area contributed by atoms with Crippen LogP contribution in [0.2, 0.25) is 13.3 Å². The van der Waals surface area contributed by atoms with Crippen LogP contribution in [0.4, 0.5) is 0 Å². The number of carbonyl (C=O) groups is 1. The molecule has 112 valence electrons. The summed E-state index contributed by atoms with van der Waals surface area (Å²) >= 11 is -2.70. The van der Waals surface area contributed by atoms with Crippen molar-refractivity contribution in [2.75, 3.05) is 0 Å². The first-order chi connectivity index (χ1) is 9.14. The summed E-state index contributed by atoms with van der Waals surface area (Å²) in [5, 5.41) is 0. The number of unbranched alkanes of at least 4 members (excludes halogenated alkanes) is 3. The third-order valence-corrected chi connectivity index (χ3v) is 16.2. The molecule has 19 heavy (non-hydrogen) atoms. The van der Waals surface area contributed by atoms with Gasteiger partial charge in [0.25, 0.3) is 0 Å². The first kappa shape index (κ1) is 19.0. The summed E-state index contributed by atoms with van der Waals surface area (Å²) in [7, 11) is 0. The van der Waals surface area contributed by atoms with Crippen molar-refractivity contribution in [1.82, 2.24) is 0 Å². The van der Waals surface area contributed by atoms with Gasteiger partial charge < -0.3 is 0 Å². The van der Waals surface area contributed by atoms with Crippen LogP contribution in [-0.2, 0) is 7.87 Å². The summed E-state index contributed by atoms with van der Waals surface area (Å²) in [6, 6.07) is 0. The fourth-order valence-electron chi connectivity index (χ4n) is 2.41. The molecule has 0 spiro atoms. The molecule has 0 heterocycles. The molecule has 0 aliphatic rings. The SMILES string of the molecule is CC=CC(=O)[O][Sn]([CH2]CCC)([CH2]CCC)[CH2]CCC. The van der Waals surface area contributed by atoms with Crippen LogP contribution in [0.3, 0.4) is 0 Å². The quantitative estimate of drug-likeness (QED) is 0.355. The minimum atomic E-state index is -2.70. The van der Waals surface area contributed by atoms with Gasteiger partial charge in [0.2, 0.25) is 0 Å². The topological polar surface area (TPSA) is 26.3 Å². The summed E-state index contributed by atoms with van der Waals surface area (Å²) in [6.07, 6.45) is 10.7. The van der Waals surface area contributed by atoms with E-state index in [4.69, 9.17) is 3.07 Å². The second-order valence-electron chi connectivity index (χ2n) is 5.41. The molecule has 0 aromatic carbocycles. The van der Waals surface area contributed by atoms with E-state index in [2.05, 4.69) is 20.8 Å². The van der Waals surface area contributed by atoms with E-state index in [1.165, 1.54) is 51.8 Å². The van der Waals surface area contributed by atoms with E-state index in [-0.39, 0.29) is 5.97 Å². The monoisotopic (exact) mass is 376 g/mol. The van der Waals surface area contributed by atoms with E-state index in [0.717, 1.165) is 0 Å². The molecule has 0 fully saturated rings. The summed E-state index contributed by atoms with van der Waals surface area (Å²) in [5.41, 5.74) is 0. The van der Waals surface area contributed by atoms with Gasteiger partial charge in [0, 0.05) is 0 Å². The van der Waals surface area contributed by atoms with Crippen LogP contribution < -0.4 is 0 Å². The third kappa shape index (κ3) is 8.72. The molecule has 0 bridgehead atoms. The fourth-order valence-corrected chi connectivity index (χ4v) is 15.4. The average molecular weight is 375 g/mol. The first-order valence-electron chi connectivity index (χ1n) is 7.99. The Morgan fingerprint density at radius 2 is 1.37 bits per heavy atom. The summed E-state index contributed by atoms with van der Waals surface area (Å²) in [4.78, 5) is 11.9. The molecule has 3 heteroatoms. The Bertz CT molecular complexity index is 240. The molecule has 0 saturated heterocycles. The Labute approximate surface area is 124 Å². The van der Waals surface area contributed by atoms with Crippen LogP contribution in [-0.4, -0.2) is 24.8 Å². The maximum absolute atomic E-state index is 11.9. The molecule has 0 aromatic heterocycles. The average Bonchev–Trinajstić information content (AvgIpc) is 2.40. The van der Waals surface area contributed by atoms with E-state index < -0.39 is 18.8 Å². The Hall–Kier alpha value is 0.00870. The van der Waals surface area contributed by atoms with Crippen LogP contribution in [0.1, 0.15) is 66.2 Å². The van der Waals surface area contributed by atoms with E-state index >= 15 is 0 Å². The van der Waals surface area contributed by atoms with Gasteiger partial charge in [-0.1, -0.05) is 0 Å². The van der Waals surface area contributed by atoms with Gasteiger partial charge in [-0.3, -0.25) is 0 Å². The number of carbonyl (C=O) groups excluding carboxylic acids is 1. The molecule has 0 aliphatic carbocycles. The zero-order valence-corrected chi connectivity index (χ0v) is 16.2. The van der Waals surface area contributed by atoms with Gasteiger partial charge in [0.15, 0.2) is 0 Å². The first-order valence-corrected chi connectivity index (χ1v) is 15.2. The second-order valence-corrected chi connectivity index (χ2v) is 17.0. The van der Waals surface area contributed by atoms with E-state index in [1.807, 2.05) is 6.92 Å². The normalized spacial score (nSPS) is 12.0. The predicted octanol–water partition coefficient (Wildman–Crippen LogP) is 5.45. The zero-order chi connectivity index (χ0) is 14.6. The minimum absolute atomic E-state index is 0.0818. The fraction of sp³-hybridized carbons (Fsp3) is 0.812. The molecule has 0 rings (SSSR count). The Balaban J connectivity index is 4.79. The number of hydrogen-bond donors (Lipinski definition) is 0. The van der Waals surface area contributed by atoms with E-state index in [1.54, 1.807) is 12.2 Å². The Morgan fingerprint density at radius 1 is 0.947 bits per heavy atom. The predicted molar refractivity (Wildman–Crippen MR) is 85.8 cm³/mol. The van der Waals surface area contributed by atoms with Crippen molar-refractivity contribution >= 4 is 24.8 Å². The van der Waals surface area contributed by atoms with Gasteiger partial charge in [-0.2, -0.15) is 0 Å². The third-order valence-electron chi connectivity index (χ3n) is 3.58. The molecule has 0 amide bonds. The molecule has 0 N–H and O–H groups in total. The number of allylic oxidation sites excluding steroid dienone is 1. The van der Waals surface area contributed by atoms with Gasteiger partial charge in [0.1, 0.15) is 0 Å². The molecule has 0 radical (unpaired) electrons. The Kier molecular flexibility index (Phi) is 11.8. The molecule has 0 aromatic rings. The van der Waals surface area contributed by atoms with Crippen molar-refractivity contribution in [3.05, 3.63) is 12.2 Å². The van der Waals surface area contributed by atoms with Gasteiger partial charge in [-0.15, -0.1) is 0 Å². The molecule has 2 nitrogen and oxygen atoms in total. The van der Waals surface area contributed by atoms with E-state index in [0.29, 0.717) is 0 Å². The van der Waals surface area contributed by atoms with Crippen molar-refractivity contribution in [3.63, 3.8) is 0 Å². The van der Waals surface area contributed by atoms with Crippen molar-refractivity contribution < 1.29 is 7.87 Å². The molecular formula is C16H32O2Sn. The van der Waals surface area contributed by atoms with Crippen LogP contribution in [0.25, 0.3) is 0 Å². The van der Waals surface area contributed by atoms with E-state index in [9.17, 15) is 4.79 Å². The van der Waals surface area contributed by atoms with Gasteiger partial charge in [-0.25, -0.2) is 0 Å². The Morgan fingerprint density at radius 3 is 1.68 bits per heavy atom. The number of rotatable bonds is 11. The summed E-state index contributed by atoms with van der Waals surface area (Å²) in [6.45, 7) is 8.56. The molecular weight excluding hydrogens is 343 g/mol. The van der Waals surface area contributed by atoms with Crippen molar-refractivity contribution in [1.29, 1.82) is 0 Å². The molecule has 0 unspecified atom stereocenters. The van der Waals surface area contributed by atoms with Crippen molar-refractivity contribution in [2.24, 2.45) is 0 Å². The zero-order valence-electron chi connectivity index (χ0n) is 13.3. The maximum atomic E-state index is 11.9. The summed E-state index contributed by atoms with van der Waals surface area (Å²) < 4.78 is 9.72. The van der Waals surface area contributed by atoms with Crippen LogP contribution in [0.5, 0.6) is 0 Å². The van der Waals surface area contributed by atoms with Crippen molar-refractivity contribution in [3.8, 4) is 0 Å².